The molecule has 0 unspecified atom stereocenters. The monoisotopic (exact) mass is 511 g/mol. The first kappa shape index (κ1) is 24.9. The summed E-state index contributed by atoms with van der Waals surface area (Å²) < 4.78 is 1.89. The van der Waals surface area contributed by atoms with Crippen molar-refractivity contribution < 1.29 is 0 Å². The maximum atomic E-state index is 13.6. The van der Waals surface area contributed by atoms with E-state index in [2.05, 4.69) is 66.7 Å². The summed E-state index contributed by atoms with van der Waals surface area (Å²) in [6, 6.07) is 19.0. The van der Waals surface area contributed by atoms with Crippen molar-refractivity contribution in [3.05, 3.63) is 87.5 Å². The number of aryl methyl sites for hydroxylation is 3. The summed E-state index contributed by atoms with van der Waals surface area (Å²) in [4.78, 5) is 21.9. The van der Waals surface area contributed by atoms with Crippen LogP contribution in [0.15, 0.2) is 59.4 Å². The maximum absolute atomic E-state index is 13.6. The van der Waals surface area contributed by atoms with Crippen LogP contribution in [0.25, 0.3) is 10.9 Å². The third-order valence-corrected chi connectivity index (χ3v) is 8.48. The van der Waals surface area contributed by atoms with Gasteiger partial charge in [-0.25, -0.2) is 4.68 Å². The van der Waals surface area contributed by atoms with E-state index in [4.69, 9.17) is 0 Å². The molecule has 0 radical (unpaired) electrons. The predicted molar refractivity (Wildman–Crippen MR) is 149 cm³/mol. The van der Waals surface area contributed by atoms with Crippen molar-refractivity contribution in [2.75, 3.05) is 26.2 Å². The number of nitrogens with zero attached hydrogens (tertiary/aromatic N) is 6. The summed E-state index contributed by atoms with van der Waals surface area (Å²) in [5.74, 6) is 0.740. The number of aromatic amines is 1. The van der Waals surface area contributed by atoms with Gasteiger partial charge in [-0.1, -0.05) is 67.8 Å². The summed E-state index contributed by atoms with van der Waals surface area (Å²) in [6.45, 7) is 6.49. The normalized spacial score (nSPS) is 18.7. The van der Waals surface area contributed by atoms with E-state index >= 15 is 0 Å². The average Bonchev–Trinajstić information content (AvgIpc) is 3.42. The van der Waals surface area contributed by atoms with Crippen molar-refractivity contribution in [2.45, 2.75) is 64.1 Å². The van der Waals surface area contributed by atoms with E-state index in [9.17, 15) is 4.79 Å². The number of tetrazole rings is 1. The molecule has 0 amide bonds. The molecule has 0 spiro atoms. The van der Waals surface area contributed by atoms with Crippen LogP contribution in [-0.2, 0) is 13.0 Å². The van der Waals surface area contributed by atoms with E-state index < -0.39 is 0 Å². The maximum Gasteiger partial charge on any atom is 0.253 e. The molecule has 0 bridgehead atoms. The van der Waals surface area contributed by atoms with Gasteiger partial charge >= 0.3 is 0 Å². The molecule has 1 atom stereocenters. The van der Waals surface area contributed by atoms with Crippen LogP contribution in [0, 0.1) is 6.92 Å². The Labute approximate surface area is 223 Å². The van der Waals surface area contributed by atoms with Gasteiger partial charge < -0.3 is 4.98 Å². The topological polar surface area (TPSA) is 82.9 Å². The predicted octanol–water partition coefficient (Wildman–Crippen LogP) is 4.11. The lowest BCUT2D eigenvalue weighted by Gasteiger charge is -2.43. The van der Waals surface area contributed by atoms with Gasteiger partial charge in [0.1, 0.15) is 6.04 Å². The highest BCUT2D eigenvalue weighted by Crippen LogP contribution is 2.30. The molecule has 1 saturated heterocycles. The number of H-pyrrole nitrogens is 1. The molecular formula is C30H37N7O. The van der Waals surface area contributed by atoms with E-state index in [-0.39, 0.29) is 11.6 Å². The van der Waals surface area contributed by atoms with Crippen LogP contribution in [0.2, 0.25) is 0 Å². The van der Waals surface area contributed by atoms with Gasteiger partial charge in [0.05, 0.1) is 5.52 Å². The fourth-order valence-corrected chi connectivity index (χ4v) is 6.36. The van der Waals surface area contributed by atoms with Gasteiger partial charge in [-0.05, 0) is 59.2 Å². The minimum atomic E-state index is -0.303. The number of hydrogen-bond donors (Lipinski definition) is 1. The Kier molecular flexibility index (Phi) is 7.33. The SMILES string of the molecule is Cc1cccc2cc([C@@H](c3nnnn3CCc3ccccc3)N3CCN(C4CCCCC4)CC3)c(=O)[nH]c12. The first-order valence-corrected chi connectivity index (χ1v) is 14.1. The van der Waals surface area contributed by atoms with Crippen molar-refractivity contribution >= 4 is 10.9 Å². The molecule has 1 saturated carbocycles. The molecule has 2 fully saturated rings. The second kappa shape index (κ2) is 11.2. The third kappa shape index (κ3) is 5.15. The molecule has 8 nitrogen and oxygen atoms in total. The first-order valence-electron chi connectivity index (χ1n) is 14.1. The second-order valence-corrected chi connectivity index (χ2v) is 10.9. The summed E-state index contributed by atoms with van der Waals surface area (Å²) >= 11 is 0. The number of hydrogen-bond acceptors (Lipinski definition) is 6. The first-order chi connectivity index (χ1) is 18.7. The van der Waals surface area contributed by atoms with Crippen LogP contribution < -0.4 is 5.56 Å². The van der Waals surface area contributed by atoms with Crippen molar-refractivity contribution in [3.8, 4) is 0 Å². The molecule has 4 aromatic rings. The van der Waals surface area contributed by atoms with Gasteiger partial charge in [0, 0.05) is 44.3 Å². The summed E-state index contributed by atoms with van der Waals surface area (Å²) in [5.41, 5.74) is 3.85. The molecule has 1 aliphatic heterocycles. The zero-order chi connectivity index (χ0) is 25.9. The van der Waals surface area contributed by atoms with Gasteiger partial charge in [0.25, 0.3) is 5.56 Å². The van der Waals surface area contributed by atoms with Crippen molar-refractivity contribution in [1.29, 1.82) is 0 Å². The highest BCUT2D eigenvalue weighted by Gasteiger charge is 2.34. The Bertz CT molecular complexity index is 1420. The smallest absolute Gasteiger partial charge is 0.253 e. The largest absolute Gasteiger partial charge is 0.321 e. The van der Waals surface area contributed by atoms with Gasteiger partial charge in [-0.15, -0.1) is 5.10 Å². The Morgan fingerprint density at radius 1 is 0.974 bits per heavy atom. The van der Waals surface area contributed by atoms with Crippen LogP contribution in [0.3, 0.4) is 0 Å². The van der Waals surface area contributed by atoms with Crippen LogP contribution in [-0.4, -0.2) is 67.2 Å². The van der Waals surface area contributed by atoms with Crippen LogP contribution in [0.4, 0.5) is 0 Å². The highest BCUT2D eigenvalue weighted by atomic mass is 16.1. The molecule has 1 aliphatic carbocycles. The molecule has 198 valence electrons. The van der Waals surface area contributed by atoms with Crippen molar-refractivity contribution in [1.82, 2.24) is 35.0 Å². The van der Waals surface area contributed by atoms with Crippen LogP contribution >= 0.6 is 0 Å². The molecule has 38 heavy (non-hydrogen) atoms. The lowest BCUT2D eigenvalue weighted by Crippen LogP contribution is -2.52. The van der Waals surface area contributed by atoms with Crippen LogP contribution in [0.1, 0.15) is 60.7 Å². The minimum Gasteiger partial charge on any atom is -0.321 e. The lowest BCUT2D eigenvalue weighted by atomic mass is 9.93. The number of para-hydroxylation sites is 1. The second-order valence-electron chi connectivity index (χ2n) is 10.9. The number of nitrogens with one attached hydrogen (secondary N) is 1. The van der Waals surface area contributed by atoms with Gasteiger partial charge in [0.2, 0.25) is 0 Å². The van der Waals surface area contributed by atoms with E-state index in [1.165, 1.54) is 37.7 Å². The third-order valence-electron chi connectivity index (χ3n) is 8.48. The van der Waals surface area contributed by atoms with E-state index in [0.29, 0.717) is 18.2 Å². The summed E-state index contributed by atoms with van der Waals surface area (Å²) in [7, 11) is 0. The standard InChI is InChI=1S/C30H37N7O/c1-22-9-8-12-24-21-26(30(38)31-27(22)24)28(36-19-17-35(18-20-36)25-13-6-3-7-14-25)29-32-33-34-37(29)16-15-23-10-4-2-5-11-23/h2,4-5,8-12,21,25,28H,3,6-7,13-20H2,1H3,(H,31,38)/t28-/m0/s1. The molecule has 2 aliphatic rings. The Hall–Kier alpha value is -3.36. The van der Waals surface area contributed by atoms with Crippen LogP contribution in [0.5, 0.6) is 0 Å². The highest BCUT2D eigenvalue weighted by molar-refractivity contribution is 5.82. The fourth-order valence-electron chi connectivity index (χ4n) is 6.36. The summed E-state index contributed by atoms with van der Waals surface area (Å²) in [6.07, 6.45) is 7.50. The average molecular weight is 512 g/mol. The van der Waals surface area contributed by atoms with E-state index in [1.54, 1.807) is 0 Å². The molecule has 6 rings (SSSR count). The number of aromatic nitrogens is 5. The Balaban J connectivity index is 1.33. The molecule has 3 heterocycles. The number of piperazine rings is 1. The fraction of sp³-hybridized carbons (Fsp3) is 0.467. The number of benzene rings is 2. The van der Waals surface area contributed by atoms with Gasteiger partial charge in [-0.2, -0.15) is 0 Å². The van der Waals surface area contributed by atoms with E-state index in [0.717, 1.165) is 54.9 Å². The molecule has 2 aromatic heterocycles. The van der Waals surface area contributed by atoms with Gasteiger partial charge in [0.15, 0.2) is 5.82 Å². The Morgan fingerprint density at radius 2 is 1.76 bits per heavy atom. The lowest BCUT2D eigenvalue weighted by molar-refractivity contribution is 0.0617. The number of fused-ring (bicyclic) bond motifs is 1. The number of rotatable bonds is 7. The quantitative estimate of drug-likeness (QED) is 0.402. The minimum absolute atomic E-state index is 0.0656. The number of pyridine rings is 1. The Morgan fingerprint density at radius 3 is 2.55 bits per heavy atom. The molecular weight excluding hydrogens is 474 g/mol. The molecule has 2 aromatic carbocycles. The summed E-state index contributed by atoms with van der Waals surface area (Å²) in [5, 5.41) is 14.0. The molecule has 1 N–H and O–H groups in total. The zero-order valence-electron chi connectivity index (χ0n) is 22.2. The van der Waals surface area contributed by atoms with E-state index in [1.807, 2.05) is 29.8 Å². The van der Waals surface area contributed by atoms with Crippen molar-refractivity contribution in [2.24, 2.45) is 0 Å². The van der Waals surface area contributed by atoms with Gasteiger partial charge in [-0.3, -0.25) is 14.6 Å². The zero-order valence-corrected chi connectivity index (χ0v) is 22.2. The van der Waals surface area contributed by atoms with Crippen molar-refractivity contribution in [3.63, 3.8) is 0 Å². The molecule has 8 heteroatoms.